The minimum absolute atomic E-state index is 0.0816. The quantitative estimate of drug-likeness (QED) is 0.586. The number of carboxylic acid groups (broad SMARTS) is 2. The van der Waals surface area contributed by atoms with Gasteiger partial charge in [0.15, 0.2) is 0 Å². The van der Waals surface area contributed by atoms with Crippen molar-refractivity contribution in [2.24, 2.45) is 5.92 Å². The molecule has 4 nitrogen and oxygen atoms in total. The number of aliphatic carboxylic acids is 2. The summed E-state index contributed by atoms with van der Waals surface area (Å²) in [6.45, 7) is 3.80. The highest BCUT2D eigenvalue weighted by molar-refractivity contribution is 7.87. The van der Waals surface area contributed by atoms with Crippen LogP contribution in [0.25, 0.3) is 0 Å². The smallest absolute Gasteiger partial charge is 0.0692 e. The summed E-state index contributed by atoms with van der Waals surface area (Å²) in [5, 5.41) is 19.9. The van der Waals surface area contributed by atoms with Gasteiger partial charge in [0.05, 0.1) is 21.9 Å². The van der Waals surface area contributed by atoms with Crippen molar-refractivity contribution < 1.29 is 19.8 Å². The molecule has 0 aromatic heterocycles. The molecule has 0 spiro atoms. The molecule has 0 aliphatic heterocycles. The fourth-order valence-corrected chi connectivity index (χ4v) is 1.52. The number of carbonyl (C=O) groups is 2. The highest BCUT2D eigenvalue weighted by Crippen LogP contribution is 2.30. The average Bonchev–Trinajstić information content (AvgIpc) is 2.12. The molecule has 0 rings (SSSR count). The van der Waals surface area contributed by atoms with Crippen LogP contribution in [0.3, 0.4) is 0 Å². The first-order chi connectivity index (χ1) is 6.71. The van der Waals surface area contributed by atoms with E-state index in [-0.39, 0.29) is 12.3 Å². The first-order valence-electron chi connectivity index (χ1n) is 4.54. The highest BCUT2D eigenvalue weighted by atomic mass is 32.1. The van der Waals surface area contributed by atoms with E-state index in [0.29, 0.717) is 6.42 Å². The van der Waals surface area contributed by atoms with E-state index in [1.807, 2.05) is 13.8 Å². The molecule has 6 heteroatoms. The van der Waals surface area contributed by atoms with Gasteiger partial charge in [-0.25, -0.2) is 0 Å². The second-order valence-corrected chi connectivity index (χ2v) is 5.18. The molecule has 15 heavy (non-hydrogen) atoms. The molecule has 0 N–H and O–H groups in total. The van der Waals surface area contributed by atoms with Crippen molar-refractivity contribution in [3.05, 3.63) is 0 Å². The van der Waals surface area contributed by atoms with E-state index in [2.05, 4.69) is 25.3 Å². The maximum atomic E-state index is 10.9. The maximum absolute atomic E-state index is 10.9. The van der Waals surface area contributed by atoms with Gasteiger partial charge in [-0.05, 0) is 18.8 Å². The molecule has 0 heterocycles. The molecule has 0 amide bonds. The van der Waals surface area contributed by atoms with Crippen molar-refractivity contribution >= 4 is 37.2 Å². The summed E-state index contributed by atoms with van der Waals surface area (Å²) in [7, 11) is 0. The summed E-state index contributed by atoms with van der Waals surface area (Å²) in [4.78, 5) is 21.4. The van der Waals surface area contributed by atoms with Crippen LogP contribution in [0.5, 0.6) is 0 Å². The van der Waals surface area contributed by atoms with Crippen LogP contribution in [0, 0.1) is 5.92 Å². The van der Waals surface area contributed by atoms with Crippen LogP contribution in [-0.2, 0) is 9.59 Å². The van der Waals surface area contributed by atoms with Gasteiger partial charge in [0, 0.05) is 0 Å². The second kappa shape index (κ2) is 5.65. The van der Waals surface area contributed by atoms with Crippen molar-refractivity contribution in [2.45, 2.75) is 36.7 Å². The Balaban J connectivity index is 4.74. The standard InChI is InChI=1S/C9H16O4S2/c1-5(2)3-4-9(15,8(12)13)6(14)7(10)11/h5-6,14-15H,3-4H2,1-2H3,(H,10,11)(H,12,13)/p-2. The SMILES string of the molecule is CC(C)CCC(S)(C(=O)[O-])C(S)C(=O)[O-]. The number of carbonyl (C=O) groups excluding carboxylic acids is 2. The van der Waals surface area contributed by atoms with Crippen molar-refractivity contribution in [1.29, 1.82) is 0 Å². The third kappa shape index (κ3) is 3.95. The summed E-state index contributed by atoms with van der Waals surface area (Å²) >= 11 is 7.55. The summed E-state index contributed by atoms with van der Waals surface area (Å²) in [5.41, 5.74) is 0. The van der Waals surface area contributed by atoms with Crippen molar-refractivity contribution in [2.75, 3.05) is 0 Å². The number of hydrogen-bond donors (Lipinski definition) is 2. The Kier molecular flexibility index (Phi) is 5.51. The Morgan fingerprint density at radius 3 is 2.07 bits per heavy atom. The van der Waals surface area contributed by atoms with Gasteiger partial charge in [0.2, 0.25) is 0 Å². The summed E-state index contributed by atoms with van der Waals surface area (Å²) in [6, 6.07) is 0. The average molecular weight is 250 g/mol. The molecular weight excluding hydrogens is 236 g/mol. The molecule has 0 aromatic rings. The predicted octanol–water partition coefficient (Wildman–Crippen LogP) is -1.11. The van der Waals surface area contributed by atoms with Gasteiger partial charge in [0.25, 0.3) is 0 Å². The van der Waals surface area contributed by atoms with Crippen LogP contribution in [0.15, 0.2) is 0 Å². The van der Waals surface area contributed by atoms with Crippen molar-refractivity contribution in [3.8, 4) is 0 Å². The van der Waals surface area contributed by atoms with E-state index in [0.717, 1.165) is 0 Å². The van der Waals surface area contributed by atoms with Gasteiger partial charge in [-0.3, -0.25) is 0 Å². The number of thiol groups is 2. The minimum atomic E-state index is -1.79. The van der Waals surface area contributed by atoms with E-state index in [9.17, 15) is 19.8 Å². The summed E-state index contributed by atoms with van der Waals surface area (Å²) < 4.78 is -1.79. The lowest BCUT2D eigenvalue weighted by atomic mass is 9.93. The normalized spacial score (nSPS) is 17.1. The van der Waals surface area contributed by atoms with E-state index in [1.54, 1.807) is 0 Å². The topological polar surface area (TPSA) is 80.3 Å². The van der Waals surface area contributed by atoms with Crippen LogP contribution in [0.1, 0.15) is 26.7 Å². The zero-order chi connectivity index (χ0) is 12.2. The Labute approximate surface area is 99.9 Å². The molecule has 0 aliphatic carbocycles. The lowest BCUT2D eigenvalue weighted by Gasteiger charge is -2.36. The molecule has 0 saturated carbocycles. The van der Waals surface area contributed by atoms with Gasteiger partial charge >= 0.3 is 0 Å². The third-order valence-corrected chi connectivity index (χ3v) is 3.65. The largest absolute Gasteiger partial charge is 0.549 e. The minimum Gasteiger partial charge on any atom is -0.549 e. The van der Waals surface area contributed by atoms with E-state index in [1.165, 1.54) is 0 Å². The molecule has 0 aliphatic rings. The van der Waals surface area contributed by atoms with Crippen molar-refractivity contribution in [1.82, 2.24) is 0 Å². The highest BCUT2D eigenvalue weighted by Gasteiger charge is 2.35. The fraction of sp³-hybridized carbons (Fsp3) is 0.778. The van der Waals surface area contributed by atoms with Gasteiger partial charge in [-0.1, -0.05) is 13.8 Å². The zero-order valence-electron chi connectivity index (χ0n) is 8.60. The van der Waals surface area contributed by atoms with E-state index >= 15 is 0 Å². The van der Waals surface area contributed by atoms with Crippen LogP contribution in [0.2, 0.25) is 0 Å². The monoisotopic (exact) mass is 250 g/mol. The first-order valence-corrected chi connectivity index (χ1v) is 5.51. The molecule has 0 radical (unpaired) electrons. The molecule has 0 saturated heterocycles. The fourth-order valence-electron chi connectivity index (χ4n) is 1.05. The third-order valence-electron chi connectivity index (χ3n) is 2.13. The van der Waals surface area contributed by atoms with Crippen LogP contribution in [-0.4, -0.2) is 21.9 Å². The molecule has 0 aromatic carbocycles. The maximum Gasteiger partial charge on any atom is 0.0692 e. The predicted molar refractivity (Wildman–Crippen MR) is 58.6 cm³/mol. The Hall–Kier alpha value is -0.360. The molecule has 0 bridgehead atoms. The number of hydrogen-bond acceptors (Lipinski definition) is 6. The van der Waals surface area contributed by atoms with Gasteiger partial charge < -0.3 is 19.8 Å². The van der Waals surface area contributed by atoms with Crippen LogP contribution < -0.4 is 10.2 Å². The zero-order valence-corrected chi connectivity index (χ0v) is 10.4. The molecule has 2 unspecified atom stereocenters. The Morgan fingerprint density at radius 1 is 1.33 bits per heavy atom. The molecule has 2 atom stereocenters. The van der Waals surface area contributed by atoms with Gasteiger partial charge in [-0.2, -0.15) is 25.3 Å². The summed E-state index contributed by atoms with van der Waals surface area (Å²) in [6.07, 6.45) is 0.611. The molecule has 0 fully saturated rings. The lowest BCUT2D eigenvalue weighted by molar-refractivity contribution is -0.317. The van der Waals surface area contributed by atoms with Crippen molar-refractivity contribution in [3.63, 3.8) is 0 Å². The molecule has 88 valence electrons. The molecular formula is C9H14O4S2-2. The number of carboxylic acids is 2. The lowest BCUT2D eigenvalue weighted by Crippen LogP contribution is -2.56. The van der Waals surface area contributed by atoms with Gasteiger partial charge in [0.1, 0.15) is 0 Å². The second-order valence-electron chi connectivity index (χ2n) is 3.87. The summed E-state index contributed by atoms with van der Waals surface area (Å²) in [5.74, 6) is -2.84. The first kappa shape index (κ1) is 14.6. The van der Waals surface area contributed by atoms with Crippen LogP contribution >= 0.6 is 25.3 Å². The van der Waals surface area contributed by atoms with Gasteiger partial charge in [-0.15, -0.1) is 0 Å². The van der Waals surface area contributed by atoms with E-state index in [4.69, 9.17) is 0 Å². The van der Waals surface area contributed by atoms with E-state index < -0.39 is 21.9 Å². The Morgan fingerprint density at radius 2 is 1.80 bits per heavy atom. The number of rotatable bonds is 6. The Bertz CT molecular complexity index is 254. The van der Waals surface area contributed by atoms with Crippen LogP contribution in [0.4, 0.5) is 0 Å².